The number of hydrogen-bond donors (Lipinski definition) is 7. The maximum atomic E-state index is 14.0. The Morgan fingerprint density at radius 2 is 1.43 bits per heavy atom. The summed E-state index contributed by atoms with van der Waals surface area (Å²) in [6.45, 7) is 11.4. The lowest BCUT2D eigenvalue weighted by Crippen LogP contribution is -2.57. The number of aliphatic hydroxyl groups excluding tert-OH is 2. The van der Waals surface area contributed by atoms with Gasteiger partial charge in [-0.15, -0.1) is 0 Å². The van der Waals surface area contributed by atoms with Crippen LogP contribution in [0.25, 0.3) is 10.9 Å². The zero-order valence-corrected chi connectivity index (χ0v) is 30.8. The Bertz CT molecular complexity index is 1540. The smallest absolute Gasteiger partial charge is 0.408 e. The molecule has 280 valence electrons. The molecule has 12 nitrogen and oxygen atoms in total. The summed E-state index contributed by atoms with van der Waals surface area (Å²) in [7, 11) is 0. The Morgan fingerprint density at radius 1 is 0.784 bits per heavy atom. The van der Waals surface area contributed by atoms with E-state index in [2.05, 4.69) is 26.3 Å². The number of aromatic nitrogens is 1. The van der Waals surface area contributed by atoms with Gasteiger partial charge in [0.05, 0.1) is 31.2 Å². The van der Waals surface area contributed by atoms with E-state index in [0.29, 0.717) is 6.42 Å². The molecular formula is C39H57N5O7. The van der Waals surface area contributed by atoms with Gasteiger partial charge in [0.25, 0.3) is 0 Å². The molecule has 51 heavy (non-hydrogen) atoms. The second-order valence-corrected chi connectivity index (χ2v) is 14.3. The molecule has 0 saturated carbocycles. The first-order valence-corrected chi connectivity index (χ1v) is 18.0. The standard InChI is InChI=1S/C39H57N5O7/c1-7-26(6)34(22-45)41-36(47)20-35(46)31(17-24(2)3)42-37(48)32(18-25(4)5)43-38(49)33(19-28-21-40-30-16-12-11-15-29(28)30)44-39(50)51-23-27-13-9-8-10-14-27/h8-16,21,24-26,31-35,40,45-46H,7,17-20,22-23H2,1-6H3,(H,41,47)(H,42,48)(H,43,49)(H,44,50)/t26?,31?,32-,33-,34+,35?/m0/s1. The highest BCUT2D eigenvalue weighted by molar-refractivity contribution is 5.92. The van der Waals surface area contributed by atoms with Crippen molar-refractivity contribution in [3.8, 4) is 0 Å². The monoisotopic (exact) mass is 707 g/mol. The second kappa shape index (κ2) is 20.4. The topological polar surface area (TPSA) is 182 Å². The van der Waals surface area contributed by atoms with Gasteiger partial charge in [-0.2, -0.15) is 0 Å². The summed E-state index contributed by atoms with van der Waals surface area (Å²) in [5.41, 5.74) is 2.47. The van der Waals surface area contributed by atoms with Crippen molar-refractivity contribution in [2.24, 2.45) is 17.8 Å². The van der Waals surface area contributed by atoms with Crippen molar-refractivity contribution < 1.29 is 34.1 Å². The number of aromatic amines is 1. The van der Waals surface area contributed by atoms with E-state index in [-0.39, 0.29) is 50.2 Å². The molecule has 0 saturated heterocycles. The molecule has 0 aliphatic rings. The van der Waals surface area contributed by atoms with Crippen LogP contribution in [0.15, 0.2) is 60.8 Å². The number of H-pyrrole nitrogens is 1. The molecule has 3 unspecified atom stereocenters. The van der Waals surface area contributed by atoms with Crippen LogP contribution in [-0.4, -0.2) is 75.9 Å². The molecule has 1 heterocycles. The van der Waals surface area contributed by atoms with E-state index in [4.69, 9.17) is 4.74 Å². The molecular weight excluding hydrogens is 650 g/mol. The van der Waals surface area contributed by atoms with E-state index >= 15 is 0 Å². The van der Waals surface area contributed by atoms with E-state index in [0.717, 1.165) is 28.5 Å². The lowest BCUT2D eigenvalue weighted by molar-refractivity contribution is -0.132. The van der Waals surface area contributed by atoms with Crippen LogP contribution in [0.1, 0.15) is 78.4 Å². The summed E-state index contributed by atoms with van der Waals surface area (Å²) in [6.07, 6.45) is 1.09. The first-order chi connectivity index (χ1) is 24.3. The minimum absolute atomic E-state index is 0.00661. The molecule has 12 heteroatoms. The van der Waals surface area contributed by atoms with Crippen LogP contribution < -0.4 is 21.3 Å². The number of fused-ring (bicyclic) bond motifs is 1. The van der Waals surface area contributed by atoms with E-state index in [9.17, 15) is 29.4 Å². The van der Waals surface area contributed by atoms with Crippen LogP contribution in [0.4, 0.5) is 4.79 Å². The zero-order valence-electron chi connectivity index (χ0n) is 30.8. The van der Waals surface area contributed by atoms with Gasteiger partial charge in [0.2, 0.25) is 17.7 Å². The van der Waals surface area contributed by atoms with Crippen molar-refractivity contribution in [2.45, 2.75) is 111 Å². The quantitative estimate of drug-likeness (QED) is 0.0912. The van der Waals surface area contributed by atoms with Crippen molar-refractivity contribution in [3.63, 3.8) is 0 Å². The van der Waals surface area contributed by atoms with Gasteiger partial charge in [0, 0.05) is 23.5 Å². The van der Waals surface area contributed by atoms with Gasteiger partial charge >= 0.3 is 6.09 Å². The fraction of sp³-hybridized carbons (Fsp3) is 0.538. The van der Waals surface area contributed by atoms with Crippen molar-refractivity contribution in [1.82, 2.24) is 26.3 Å². The Balaban J connectivity index is 1.78. The third-order valence-corrected chi connectivity index (χ3v) is 9.05. The average Bonchev–Trinajstić information content (AvgIpc) is 3.51. The van der Waals surface area contributed by atoms with Crippen molar-refractivity contribution in [3.05, 3.63) is 71.9 Å². The number of benzene rings is 2. The predicted octanol–water partition coefficient (Wildman–Crippen LogP) is 4.34. The summed E-state index contributed by atoms with van der Waals surface area (Å²) in [5, 5.41) is 33.1. The van der Waals surface area contributed by atoms with Crippen molar-refractivity contribution >= 4 is 34.7 Å². The van der Waals surface area contributed by atoms with Gasteiger partial charge in [-0.1, -0.05) is 96.5 Å². The average molecular weight is 708 g/mol. The van der Waals surface area contributed by atoms with Crippen LogP contribution in [0.3, 0.4) is 0 Å². The summed E-state index contributed by atoms with van der Waals surface area (Å²) in [4.78, 5) is 56.9. The van der Waals surface area contributed by atoms with E-state index < -0.39 is 54.1 Å². The second-order valence-electron chi connectivity index (χ2n) is 14.3. The molecule has 3 aromatic rings. The van der Waals surface area contributed by atoms with Crippen LogP contribution in [0.2, 0.25) is 0 Å². The molecule has 0 bridgehead atoms. The van der Waals surface area contributed by atoms with Crippen LogP contribution in [-0.2, 0) is 32.1 Å². The maximum Gasteiger partial charge on any atom is 0.408 e. The fourth-order valence-electron chi connectivity index (χ4n) is 5.97. The van der Waals surface area contributed by atoms with Crippen molar-refractivity contribution in [1.29, 1.82) is 0 Å². The lowest BCUT2D eigenvalue weighted by atomic mass is 9.95. The zero-order chi connectivity index (χ0) is 37.5. The van der Waals surface area contributed by atoms with E-state index in [1.165, 1.54) is 0 Å². The number of aliphatic hydroxyl groups is 2. The fourth-order valence-corrected chi connectivity index (χ4v) is 5.97. The Labute approximate surface area is 301 Å². The molecule has 4 amide bonds. The normalized spacial score (nSPS) is 15.0. The van der Waals surface area contributed by atoms with Crippen LogP contribution in [0, 0.1) is 17.8 Å². The van der Waals surface area contributed by atoms with Crippen molar-refractivity contribution in [2.75, 3.05) is 6.61 Å². The third-order valence-electron chi connectivity index (χ3n) is 9.05. The molecule has 0 radical (unpaired) electrons. The van der Waals surface area contributed by atoms with E-state index in [1.54, 1.807) is 6.20 Å². The molecule has 0 spiro atoms. The number of alkyl carbamates (subject to hydrolysis) is 1. The van der Waals surface area contributed by atoms with E-state index in [1.807, 2.05) is 96.1 Å². The molecule has 0 aliphatic heterocycles. The molecule has 0 fully saturated rings. The number of carbonyl (C=O) groups excluding carboxylic acids is 4. The largest absolute Gasteiger partial charge is 0.445 e. The highest BCUT2D eigenvalue weighted by atomic mass is 16.5. The Kier molecular flexibility index (Phi) is 16.4. The molecule has 0 aliphatic carbocycles. The van der Waals surface area contributed by atoms with Gasteiger partial charge < -0.3 is 41.2 Å². The Hall–Kier alpha value is -4.42. The van der Waals surface area contributed by atoms with Gasteiger partial charge in [-0.3, -0.25) is 14.4 Å². The number of amides is 4. The lowest BCUT2D eigenvalue weighted by Gasteiger charge is -2.30. The maximum absolute atomic E-state index is 14.0. The molecule has 1 aromatic heterocycles. The highest BCUT2D eigenvalue weighted by Gasteiger charge is 2.32. The SMILES string of the molecule is CCC(C)[C@@H](CO)NC(=O)CC(O)C(CC(C)C)NC(=O)[C@H](CC(C)C)NC(=O)[C@H](Cc1c[nH]c2ccccc12)NC(=O)OCc1ccccc1. The van der Waals surface area contributed by atoms with Crippen LogP contribution >= 0.6 is 0 Å². The number of para-hydroxylation sites is 1. The highest BCUT2D eigenvalue weighted by Crippen LogP contribution is 2.20. The summed E-state index contributed by atoms with van der Waals surface area (Å²) in [5.74, 6) is -1.38. The van der Waals surface area contributed by atoms with Crippen LogP contribution in [0.5, 0.6) is 0 Å². The molecule has 2 aromatic carbocycles. The first kappa shape index (κ1) is 41.0. The predicted molar refractivity (Wildman–Crippen MR) is 197 cm³/mol. The molecule has 6 atom stereocenters. The number of nitrogens with one attached hydrogen (secondary N) is 5. The first-order valence-electron chi connectivity index (χ1n) is 18.0. The van der Waals surface area contributed by atoms with Gasteiger partial charge in [0.15, 0.2) is 0 Å². The van der Waals surface area contributed by atoms with Gasteiger partial charge in [0.1, 0.15) is 18.7 Å². The number of rotatable bonds is 20. The molecule has 7 N–H and O–H groups in total. The van der Waals surface area contributed by atoms with Gasteiger partial charge in [-0.05, 0) is 47.8 Å². The number of ether oxygens (including phenoxy) is 1. The third kappa shape index (κ3) is 13.3. The number of hydrogen-bond acceptors (Lipinski definition) is 7. The summed E-state index contributed by atoms with van der Waals surface area (Å²) in [6, 6.07) is 13.5. The minimum atomic E-state index is -1.21. The Morgan fingerprint density at radius 3 is 2.08 bits per heavy atom. The summed E-state index contributed by atoms with van der Waals surface area (Å²) < 4.78 is 5.44. The minimum Gasteiger partial charge on any atom is -0.445 e. The molecule has 3 rings (SSSR count). The summed E-state index contributed by atoms with van der Waals surface area (Å²) >= 11 is 0. The van der Waals surface area contributed by atoms with Gasteiger partial charge in [-0.25, -0.2) is 4.79 Å². The number of carbonyl (C=O) groups is 4.